The Morgan fingerprint density at radius 3 is 3.10 bits per heavy atom. The topological polar surface area (TPSA) is 73.4 Å². The first-order valence-corrected chi connectivity index (χ1v) is 7.78. The zero-order valence-corrected chi connectivity index (χ0v) is 12.6. The van der Waals surface area contributed by atoms with Crippen molar-refractivity contribution in [2.24, 2.45) is 24.6 Å². The van der Waals surface area contributed by atoms with Gasteiger partial charge in [0.1, 0.15) is 6.10 Å². The highest BCUT2D eigenvalue weighted by molar-refractivity contribution is 5.79. The predicted molar refractivity (Wildman–Crippen MR) is 78.4 cm³/mol. The highest BCUT2D eigenvalue weighted by Gasteiger charge is 2.36. The van der Waals surface area contributed by atoms with Gasteiger partial charge in [0.25, 0.3) is 0 Å². The molecule has 1 saturated heterocycles. The molecule has 1 aromatic rings. The van der Waals surface area contributed by atoms with Gasteiger partial charge in [-0.15, -0.1) is 0 Å². The third-order valence-corrected chi connectivity index (χ3v) is 4.75. The van der Waals surface area contributed by atoms with E-state index < -0.39 is 0 Å². The number of nitrogens with zero attached hydrogens (tertiary/aromatic N) is 3. The monoisotopic (exact) mass is 292 g/mol. The summed E-state index contributed by atoms with van der Waals surface area (Å²) in [5.41, 5.74) is 6.84. The van der Waals surface area contributed by atoms with E-state index in [1.807, 2.05) is 24.3 Å². The number of carbonyl (C=O) groups excluding carboxylic acids is 1. The molecule has 3 rings (SSSR count). The lowest BCUT2D eigenvalue weighted by Gasteiger charge is -2.35. The molecule has 1 aliphatic heterocycles. The standard InChI is InChI=1S/C15H24N4O2/c1-18-9-12(8-17-18)14-10-19(5-6-21-14)15(20)13-4-2-3-11(13)7-16/h8-9,11,13-14H,2-7,10,16H2,1H3/t11-,13-,14?/m1/s1. The van der Waals surface area contributed by atoms with Crippen molar-refractivity contribution >= 4 is 5.91 Å². The lowest BCUT2D eigenvalue weighted by molar-refractivity contribution is -0.144. The lowest BCUT2D eigenvalue weighted by atomic mass is 9.94. The summed E-state index contributed by atoms with van der Waals surface area (Å²) in [7, 11) is 1.89. The molecule has 6 heteroatoms. The molecule has 0 spiro atoms. The molecule has 0 aromatic carbocycles. The molecular formula is C15H24N4O2. The van der Waals surface area contributed by atoms with E-state index in [0.717, 1.165) is 24.8 Å². The van der Waals surface area contributed by atoms with Crippen LogP contribution in [0.5, 0.6) is 0 Å². The van der Waals surface area contributed by atoms with Crippen molar-refractivity contribution in [2.75, 3.05) is 26.2 Å². The number of nitrogens with two attached hydrogens (primary N) is 1. The van der Waals surface area contributed by atoms with E-state index in [-0.39, 0.29) is 17.9 Å². The number of hydrogen-bond donors (Lipinski definition) is 1. The summed E-state index contributed by atoms with van der Waals surface area (Å²) in [6.45, 7) is 2.51. The summed E-state index contributed by atoms with van der Waals surface area (Å²) in [5, 5.41) is 4.18. The summed E-state index contributed by atoms with van der Waals surface area (Å²) in [4.78, 5) is 14.7. The molecular weight excluding hydrogens is 268 g/mol. The van der Waals surface area contributed by atoms with Crippen LogP contribution in [-0.4, -0.2) is 46.8 Å². The molecule has 1 aliphatic carbocycles. The molecule has 2 heterocycles. The fraction of sp³-hybridized carbons (Fsp3) is 0.733. The molecule has 1 saturated carbocycles. The van der Waals surface area contributed by atoms with Crippen molar-refractivity contribution in [1.29, 1.82) is 0 Å². The zero-order valence-electron chi connectivity index (χ0n) is 12.6. The van der Waals surface area contributed by atoms with Crippen molar-refractivity contribution in [3.63, 3.8) is 0 Å². The second-order valence-electron chi connectivity index (χ2n) is 6.12. The van der Waals surface area contributed by atoms with E-state index in [0.29, 0.717) is 32.2 Å². The maximum Gasteiger partial charge on any atom is 0.226 e. The highest BCUT2D eigenvalue weighted by atomic mass is 16.5. The van der Waals surface area contributed by atoms with E-state index in [1.54, 1.807) is 4.68 Å². The smallest absolute Gasteiger partial charge is 0.226 e. The van der Waals surface area contributed by atoms with Gasteiger partial charge in [0.2, 0.25) is 5.91 Å². The number of hydrogen-bond acceptors (Lipinski definition) is 4. The second kappa shape index (κ2) is 6.15. The fourth-order valence-electron chi connectivity index (χ4n) is 3.54. The molecule has 21 heavy (non-hydrogen) atoms. The van der Waals surface area contributed by atoms with Gasteiger partial charge in [0.05, 0.1) is 19.3 Å². The van der Waals surface area contributed by atoms with Gasteiger partial charge >= 0.3 is 0 Å². The first-order valence-electron chi connectivity index (χ1n) is 7.78. The molecule has 6 nitrogen and oxygen atoms in total. The van der Waals surface area contributed by atoms with Crippen molar-refractivity contribution in [2.45, 2.75) is 25.4 Å². The van der Waals surface area contributed by atoms with Crippen LogP contribution in [0.1, 0.15) is 30.9 Å². The SMILES string of the molecule is Cn1cc(C2CN(C(=O)[C@@H]3CCC[C@@H]3CN)CCO2)cn1. The quantitative estimate of drug-likeness (QED) is 0.890. The Labute approximate surface area is 125 Å². The minimum atomic E-state index is -0.0610. The number of amides is 1. The Morgan fingerprint density at radius 2 is 2.38 bits per heavy atom. The third-order valence-electron chi connectivity index (χ3n) is 4.75. The summed E-state index contributed by atoms with van der Waals surface area (Å²) >= 11 is 0. The molecule has 1 amide bonds. The van der Waals surface area contributed by atoms with E-state index in [1.165, 1.54) is 0 Å². The van der Waals surface area contributed by atoms with Crippen LogP contribution in [0.15, 0.2) is 12.4 Å². The molecule has 2 N–H and O–H groups in total. The van der Waals surface area contributed by atoms with Gasteiger partial charge < -0.3 is 15.4 Å². The minimum absolute atomic E-state index is 0.0610. The number of morpholine rings is 1. The highest BCUT2D eigenvalue weighted by Crippen LogP contribution is 2.33. The van der Waals surface area contributed by atoms with Gasteiger partial charge in [-0.1, -0.05) is 6.42 Å². The molecule has 2 aliphatic rings. The largest absolute Gasteiger partial charge is 0.370 e. The Morgan fingerprint density at radius 1 is 1.52 bits per heavy atom. The normalized spacial score (nSPS) is 29.8. The van der Waals surface area contributed by atoms with Crippen LogP contribution in [0, 0.1) is 11.8 Å². The molecule has 0 bridgehead atoms. The van der Waals surface area contributed by atoms with E-state index in [4.69, 9.17) is 10.5 Å². The average Bonchev–Trinajstić information content (AvgIpc) is 3.15. The maximum atomic E-state index is 12.7. The van der Waals surface area contributed by atoms with Crippen LogP contribution in [0.2, 0.25) is 0 Å². The molecule has 2 fully saturated rings. The van der Waals surface area contributed by atoms with Crippen LogP contribution in [-0.2, 0) is 16.6 Å². The third kappa shape index (κ3) is 2.96. The van der Waals surface area contributed by atoms with Crippen LogP contribution in [0.25, 0.3) is 0 Å². The van der Waals surface area contributed by atoms with Crippen LogP contribution < -0.4 is 5.73 Å². The van der Waals surface area contributed by atoms with Crippen LogP contribution >= 0.6 is 0 Å². The Bertz CT molecular complexity index is 502. The summed E-state index contributed by atoms with van der Waals surface area (Å²) in [5.74, 6) is 0.736. The van der Waals surface area contributed by atoms with Gasteiger partial charge in [-0.3, -0.25) is 9.48 Å². The first kappa shape index (κ1) is 14.5. The average molecular weight is 292 g/mol. The zero-order chi connectivity index (χ0) is 14.8. The molecule has 1 unspecified atom stereocenters. The Balaban J connectivity index is 1.66. The van der Waals surface area contributed by atoms with Crippen molar-refractivity contribution < 1.29 is 9.53 Å². The van der Waals surface area contributed by atoms with Gasteiger partial charge in [0.15, 0.2) is 0 Å². The molecule has 1 aromatic heterocycles. The molecule has 0 radical (unpaired) electrons. The lowest BCUT2D eigenvalue weighted by Crippen LogP contribution is -2.46. The van der Waals surface area contributed by atoms with Crippen LogP contribution in [0.4, 0.5) is 0 Å². The van der Waals surface area contributed by atoms with Gasteiger partial charge in [0, 0.05) is 31.3 Å². The summed E-state index contributed by atoms with van der Waals surface area (Å²) < 4.78 is 7.57. The van der Waals surface area contributed by atoms with E-state index in [2.05, 4.69) is 5.10 Å². The second-order valence-corrected chi connectivity index (χ2v) is 6.12. The number of carbonyl (C=O) groups is 1. The first-order chi connectivity index (χ1) is 10.2. The number of aromatic nitrogens is 2. The van der Waals surface area contributed by atoms with Gasteiger partial charge in [-0.2, -0.15) is 5.10 Å². The van der Waals surface area contributed by atoms with E-state index >= 15 is 0 Å². The summed E-state index contributed by atoms with van der Waals surface area (Å²) in [6.07, 6.45) is 6.90. The number of ether oxygens (including phenoxy) is 1. The van der Waals surface area contributed by atoms with Gasteiger partial charge in [-0.25, -0.2) is 0 Å². The van der Waals surface area contributed by atoms with Crippen molar-refractivity contribution in [3.05, 3.63) is 18.0 Å². The van der Waals surface area contributed by atoms with Gasteiger partial charge in [-0.05, 0) is 25.3 Å². The Hall–Kier alpha value is -1.40. The fourth-order valence-corrected chi connectivity index (χ4v) is 3.54. The molecule has 3 atom stereocenters. The van der Waals surface area contributed by atoms with Crippen LogP contribution in [0.3, 0.4) is 0 Å². The Kier molecular flexibility index (Phi) is 4.26. The van der Waals surface area contributed by atoms with E-state index in [9.17, 15) is 4.79 Å². The van der Waals surface area contributed by atoms with Crippen molar-refractivity contribution in [1.82, 2.24) is 14.7 Å². The number of aryl methyl sites for hydroxylation is 1. The predicted octanol–water partition coefficient (Wildman–Crippen LogP) is 0.695. The van der Waals surface area contributed by atoms with Crippen molar-refractivity contribution in [3.8, 4) is 0 Å². The number of rotatable bonds is 3. The molecule has 116 valence electrons. The minimum Gasteiger partial charge on any atom is -0.370 e. The maximum absolute atomic E-state index is 12.7. The summed E-state index contributed by atoms with van der Waals surface area (Å²) in [6, 6.07) is 0.